The largest absolute Gasteiger partial charge is 0.375 e. The normalized spacial score (nSPS) is 23.2. The molecule has 21 heavy (non-hydrogen) atoms. The number of hydrogen-bond donors (Lipinski definition) is 1. The lowest BCUT2D eigenvalue weighted by molar-refractivity contribution is -0.0639. The smallest absolute Gasteiger partial charge is 0.0641 e. The lowest BCUT2D eigenvalue weighted by atomic mass is 9.92. The van der Waals surface area contributed by atoms with Crippen molar-refractivity contribution in [2.24, 2.45) is 5.92 Å². The molecule has 2 rings (SSSR count). The molecule has 0 radical (unpaired) electrons. The van der Waals surface area contributed by atoms with E-state index in [-0.39, 0.29) is 5.60 Å². The molecule has 1 saturated heterocycles. The van der Waals surface area contributed by atoms with Gasteiger partial charge >= 0.3 is 0 Å². The number of hydrogen-bond acceptors (Lipinski definition) is 2. The van der Waals surface area contributed by atoms with Gasteiger partial charge in [0.2, 0.25) is 0 Å². The molecule has 0 aliphatic carbocycles. The second-order valence-electron chi connectivity index (χ2n) is 7.53. The summed E-state index contributed by atoms with van der Waals surface area (Å²) in [5.74, 6) is 0.718. The van der Waals surface area contributed by atoms with E-state index >= 15 is 0 Å². The molecular weight excluding hydrogens is 258 g/mol. The molecule has 2 atom stereocenters. The van der Waals surface area contributed by atoms with Crippen LogP contribution in [0.5, 0.6) is 0 Å². The highest BCUT2D eigenvalue weighted by Gasteiger charge is 2.29. The van der Waals surface area contributed by atoms with Crippen molar-refractivity contribution >= 4 is 0 Å². The second-order valence-corrected chi connectivity index (χ2v) is 7.53. The Kier molecular flexibility index (Phi) is 5.45. The highest BCUT2D eigenvalue weighted by molar-refractivity contribution is 5.25. The number of benzene rings is 1. The molecule has 1 aliphatic heterocycles. The quantitative estimate of drug-likeness (QED) is 0.862. The van der Waals surface area contributed by atoms with Gasteiger partial charge in [-0.15, -0.1) is 0 Å². The predicted molar refractivity (Wildman–Crippen MR) is 89.6 cm³/mol. The van der Waals surface area contributed by atoms with Crippen LogP contribution in [0.15, 0.2) is 24.3 Å². The van der Waals surface area contributed by atoms with Gasteiger partial charge in [0.25, 0.3) is 0 Å². The molecule has 1 aromatic rings. The van der Waals surface area contributed by atoms with Crippen LogP contribution in [0.1, 0.15) is 64.6 Å². The molecule has 2 unspecified atom stereocenters. The van der Waals surface area contributed by atoms with Crippen LogP contribution in [0, 0.1) is 5.92 Å². The fourth-order valence-corrected chi connectivity index (χ4v) is 3.24. The van der Waals surface area contributed by atoms with Crippen LogP contribution < -0.4 is 5.32 Å². The van der Waals surface area contributed by atoms with Gasteiger partial charge in [0.15, 0.2) is 0 Å². The average Bonchev–Trinajstić information content (AvgIpc) is 2.37. The maximum atomic E-state index is 5.80. The van der Waals surface area contributed by atoms with Gasteiger partial charge in [-0.05, 0) is 57.1 Å². The SMILES string of the molecule is CC(C)Cc1ccc(C(C)NC2CCOC(C)(C)C2)cc1. The Morgan fingerprint density at radius 3 is 2.43 bits per heavy atom. The van der Waals surface area contributed by atoms with Crippen LogP contribution in [-0.4, -0.2) is 18.2 Å². The van der Waals surface area contributed by atoms with Gasteiger partial charge < -0.3 is 10.1 Å². The van der Waals surface area contributed by atoms with Crippen molar-refractivity contribution in [3.63, 3.8) is 0 Å². The Bertz CT molecular complexity index is 435. The highest BCUT2D eigenvalue weighted by Crippen LogP contribution is 2.26. The summed E-state index contributed by atoms with van der Waals surface area (Å²) < 4.78 is 5.80. The van der Waals surface area contributed by atoms with Crippen LogP contribution in [0.25, 0.3) is 0 Å². The van der Waals surface area contributed by atoms with Crippen LogP contribution >= 0.6 is 0 Å². The van der Waals surface area contributed by atoms with E-state index in [1.165, 1.54) is 11.1 Å². The van der Waals surface area contributed by atoms with E-state index in [9.17, 15) is 0 Å². The second kappa shape index (κ2) is 6.93. The first-order valence-corrected chi connectivity index (χ1v) is 8.34. The van der Waals surface area contributed by atoms with E-state index in [0.29, 0.717) is 12.1 Å². The maximum absolute atomic E-state index is 5.80. The Morgan fingerprint density at radius 2 is 1.86 bits per heavy atom. The van der Waals surface area contributed by atoms with Gasteiger partial charge in [0.1, 0.15) is 0 Å². The fourth-order valence-electron chi connectivity index (χ4n) is 3.24. The van der Waals surface area contributed by atoms with Crippen LogP contribution in [0.3, 0.4) is 0 Å². The van der Waals surface area contributed by atoms with E-state index in [1.807, 2.05) is 0 Å². The molecule has 118 valence electrons. The first kappa shape index (κ1) is 16.5. The van der Waals surface area contributed by atoms with E-state index in [1.54, 1.807) is 0 Å². The number of rotatable bonds is 5. The van der Waals surface area contributed by atoms with E-state index in [2.05, 4.69) is 64.2 Å². The minimum atomic E-state index is 0.0107. The van der Waals surface area contributed by atoms with E-state index in [4.69, 9.17) is 4.74 Å². The van der Waals surface area contributed by atoms with Crippen molar-refractivity contribution in [2.45, 2.75) is 71.6 Å². The first-order valence-electron chi connectivity index (χ1n) is 8.34. The Balaban J connectivity index is 1.92. The number of ether oxygens (including phenoxy) is 1. The molecule has 0 saturated carbocycles. The van der Waals surface area contributed by atoms with Gasteiger partial charge in [0.05, 0.1) is 5.60 Å². The summed E-state index contributed by atoms with van der Waals surface area (Å²) in [6.45, 7) is 12.0. The van der Waals surface area contributed by atoms with Crippen LogP contribution in [0.2, 0.25) is 0 Å². The van der Waals surface area contributed by atoms with Gasteiger partial charge in [-0.2, -0.15) is 0 Å². The third-order valence-electron chi connectivity index (χ3n) is 4.31. The molecular formula is C19H31NO. The zero-order valence-electron chi connectivity index (χ0n) is 14.3. The summed E-state index contributed by atoms with van der Waals surface area (Å²) in [5.41, 5.74) is 2.83. The molecule has 1 N–H and O–H groups in total. The third-order valence-corrected chi connectivity index (χ3v) is 4.31. The van der Waals surface area contributed by atoms with Crippen molar-refractivity contribution in [3.8, 4) is 0 Å². The van der Waals surface area contributed by atoms with Crippen molar-refractivity contribution in [1.82, 2.24) is 5.32 Å². The van der Waals surface area contributed by atoms with E-state index in [0.717, 1.165) is 31.8 Å². The summed E-state index contributed by atoms with van der Waals surface area (Å²) in [6, 6.07) is 10.1. The summed E-state index contributed by atoms with van der Waals surface area (Å²) in [6.07, 6.45) is 3.36. The molecule has 2 nitrogen and oxygen atoms in total. The zero-order chi connectivity index (χ0) is 15.5. The molecule has 1 heterocycles. The van der Waals surface area contributed by atoms with Crippen molar-refractivity contribution in [3.05, 3.63) is 35.4 Å². The molecule has 2 heteroatoms. The molecule has 1 aromatic carbocycles. The standard InChI is InChI=1S/C19H31NO/c1-14(2)12-16-6-8-17(9-7-16)15(3)20-18-10-11-21-19(4,5)13-18/h6-9,14-15,18,20H,10-13H2,1-5H3. The van der Waals surface area contributed by atoms with Crippen LogP contribution in [0.4, 0.5) is 0 Å². The first-order chi connectivity index (χ1) is 9.85. The molecule has 1 aliphatic rings. The van der Waals surface area contributed by atoms with Gasteiger partial charge in [-0.25, -0.2) is 0 Å². The zero-order valence-corrected chi connectivity index (χ0v) is 14.3. The average molecular weight is 289 g/mol. The van der Waals surface area contributed by atoms with Gasteiger partial charge in [-0.3, -0.25) is 0 Å². The Labute approximate surface area is 130 Å². The summed E-state index contributed by atoms with van der Waals surface area (Å²) >= 11 is 0. The lowest BCUT2D eigenvalue weighted by Crippen LogP contribution is -2.44. The third kappa shape index (κ3) is 5.12. The summed E-state index contributed by atoms with van der Waals surface area (Å²) in [7, 11) is 0. The summed E-state index contributed by atoms with van der Waals surface area (Å²) in [5, 5.41) is 3.77. The molecule has 0 spiro atoms. The fraction of sp³-hybridized carbons (Fsp3) is 0.684. The molecule has 0 aromatic heterocycles. The minimum absolute atomic E-state index is 0.0107. The summed E-state index contributed by atoms with van der Waals surface area (Å²) in [4.78, 5) is 0. The molecule has 1 fully saturated rings. The maximum Gasteiger partial charge on any atom is 0.0641 e. The van der Waals surface area contributed by atoms with Crippen molar-refractivity contribution in [1.29, 1.82) is 0 Å². The minimum Gasteiger partial charge on any atom is -0.375 e. The Hall–Kier alpha value is -0.860. The molecule has 0 bridgehead atoms. The van der Waals surface area contributed by atoms with Crippen molar-refractivity contribution < 1.29 is 4.74 Å². The predicted octanol–water partition coefficient (Wildman–Crippen LogP) is 4.49. The lowest BCUT2D eigenvalue weighted by Gasteiger charge is -2.37. The topological polar surface area (TPSA) is 21.3 Å². The van der Waals surface area contributed by atoms with Crippen molar-refractivity contribution in [2.75, 3.05) is 6.61 Å². The van der Waals surface area contributed by atoms with Gasteiger partial charge in [0, 0.05) is 18.7 Å². The highest BCUT2D eigenvalue weighted by atomic mass is 16.5. The van der Waals surface area contributed by atoms with E-state index < -0.39 is 0 Å². The molecule has 0 amide bonds. The number of nitrogens with one attached hydrogen (secondary N) is 1. The Morgan fingerprint density at radius 1 is 1.19 bits per heavy atom. The van der Waals surface area contributed by atoms with Gasteiger partial charge in [-0.1, -0.05) is 38.1 Å². The monoisotopic (exact) mass is 289 g/mol. The van der Waals surface area contributed by atoms with Crippen LogP contribution in [-0.2, 0) is 11.2 Å².